The van der Waals surface area contributed by atoms with Crippen molar-refractivity contribution in [3.05, 3.63) is 46.7 Å². The van der Waals surface area contributed by atoms with Gasteiger partial charge in [0.05, 0.1) is 55.3 Å². The van der Waals surface area contributed by atoms with Crippen LogP contribution in [0.2, 0.25) is 0 Å². The number of hydroxylamine groups is 3. The van der Waals surface area contributed by atoms with Gasteiger partial charge < -0.3 is 52.9 Å². The number of fused-ring (bicyclic) bond motifs is 2. The first-order chi connectivity index (χ1) is 20.5. The molecule has 0 radical (unpaired) electrons. The lowest BCUT2D eigenvalue weighted by atomic mass is 9.99. The first-order valence-electron chi connectivity index (χ1n) is 13.5. The number of aliphatic hydroxyl groups is 1. The third-order valence-electron chi connectivity index (χ3n) is 7.96. The Hall–Kier alpha value is -4.20. The monoisotopic (exact) mass is 603 g/mol. The number of piperidine rings is 1. The molecule has 1 N–H and O–H groups in total. The van der Waals surface area contributed by atoms with Crippen LogP contribution >= 0.6 is 0 Å². The van der Waals surface area contributed by atoms with Gasteiger partial charge in [-0.3, -0.25) is 0 Å². The molecule has 2 aliphatic heterocycles. The SMILES string of the molecule is COc1cc(C=CC(=O)O[C@H]2C3C[C@H](OC(=O)c4cc(OC)c(OC)c(OC)c4)CC([C@H]2O)[N+]3(C)[O-])cc(OC)c1OC. The summed E-state index contributed by atoms with van der Waals surface area (Å²) in [7, 11) is 10.2. The molecule has 6 atom stereocenters. The molecule has 2 heterocycles. The topological polar surface area (TPSA) is 151 Å². The fourth-order valence-electron chi connectivity index (χ4n) is 5.81. The number of carbonyl (C=O) groups is 2. The molecule has 2 aliphatic rings. The smallest absolute Gasteiger partial charge is 0.338 e. The van der Waals surface area contributed by atoms with Gasteiger partial charge >= 0.3 is 11.9 Å². The van der Waals surface area contributed by atoms with E-state index in [0.717, 1.165) is 0 Å². The Morgan fingerprint density at radius 3 is 1.77 bits per heavy atom. The Morgan fingerprint density at radius 2 is 1.28 bits per heavy atom. The molecule has 4 rings (SSSR count). The molecule has 2 bridgehead atoms. The Morgan fingerprint density at radius 1 is 0.791 bits per heavy atom. The van der Waals surface area contributed by atoms with Crippen molar-refractivity contribution in [1.29, 1.82) is 0 Å². The zero-order valence-electron chi connectivity index (χ0n) is 25.2. The van der Waals surface area contributed by atoms with Crippen LogP contribution in [-0.2, 0) is 14.3 Å². The third kappa shape index (κ3) is 6.14. The number of quaternary nitrogens is 1. The fourth-order valence-corrected chi connectivity index (χ4v) is 5.81. The Bertz CT molecular complexity index is 1320. The summed E-state index contributed by atoms with van der Waals surface area (Å²) in [5, 5.41) is 24.5. The van der Waals surface area contributed by atoms with E-state index in [9.17, 15) is 19.9 Å². The van der Waals surface area contributed by atoms with Gasteiger partial charge in [0.15, 0.2) is 29.1 Å². The van der Waals surface area contributed by atoms with E-state index in [-0.39, 0.29) is 29.9 Å². The summed E-state index contributed by atoms with van der Waals surface area (Å²) in [6.07, 6.45) is -0.206. The zero-order valence-corrected chi connectivity index (χ0v) is 25.2. The molecule has 0 aromatic heterocycles. The number of hydrogen-bond acceptors (Lipinski definition) is 12. The van der Waals surface area contributed by atoms with Crippen molar-refractivity contribution in [1.82, 2.24) is 0 Å². The van der Waals surface area contributed by atoms with Gasteiger partial charge in [-0.25, -0.2) is 9.59 Å². The summed E-state index contributed by atoms with van der Waals surface area (Å²) in [6.45, 7) is 0. The molecule has 2 fully saturated rings. The van der Waals surface area contributed by atoms with Crippen LogP contribution in [0.4, 0.5) is 0 Å². The molecule has 0 amide bonds. The van der Waals surface area contributed by atoms with Crippen LogP contribution in [0.15, 0.2) is 30.3 Å². The van der Waals surface area contributed by atoms with E-state index in [1.54, 1.807) is 12.1 Å². The molecule has 13 heteroatoms. The van der Waals surface area contributed by atoms with Crippen molar-refractivity contribution in [2.45, 2.75) is 43.2 Å². The van der Waals surface area contributed by atoms with Gasteiger partial charge in [0, 0.05) is 18.9 Å². The van der Waals surface area contributed by atoms with Gasteiger partial charge in [-0.2, -0.15) is 0 Å². The molecule has 43 heavy (non-hydrogen) atoms. The van der Waals surface area contributed by atoms with Gasteiger partial charge in [0.1, 0.15) is 24.3 Å². The molecule has 0 spiro atoms. The minimum atomic E-state index is -1.25. The molecule has 0 saturated carbocycles. The van der Waals surface area contributed by atoms with Crippen LogP contribution < -0.4 is 28.4 Å². The number of hydrogen-bond donors (Lipinski definition) is 1. The summed E-state index contributed by atoms with van der Waals surface area (Å²) in [5.41, 5.74) is 0.729. The van der Waals surface area contributed by atoms with Gasteiger partial charge in [-0.1, -0.05) is 0 Å². The van der Waals surface area contributed by atoms with Crippen LogP contribution in [0, 0.1) is 5.21 Å². The van der Waals surface area contributed by atoms with E-state index in [4.69, 9.17) is 37.9 Å². The quantitative estimate of drug-likeness (QED) is 0.174. The van der Waals surface area contributed by atoms with Gasteiger partial charge in [0.25, 0.3) is 0 Å². The maximum atomic E-state index is 13.5. The maximum absolute atomic E-state index is 13.5. The molecule has 234 valence electrons. The van der Waals surface area contributed by atoms with E-state index in [2.05, 4.69) is 0 Å². The van der Waals surface area contributed by atoms with Crippen molar-refractivity contribution in [3.63, 3.8) is 0 Å². The molecule has 2 aromatic carbocycles. The lowest BCUT2D eigenvalue weighted by molar-refractivity contribution is -0.906. The van der Waals surface area contributed by atoms with Crippen LogP contribution in [-0.4, -0.2) is 102 Å². The fraction of sp³-hybridized carbons (Fsp3) is 0.467. The standard InChI is InChI=1S/C30H37NO12/c1-31(35)19-14-18(42-30(34)17-12-23(38-4)29(41-7)24(13-17)39-5)15-20(31)27(26(19)33)43-25(32)9-8-16-10-21(36-2)28(40-6)22(11-16)37-3/h8-13,18-20,26-27,33H,14-15H2,1-7H3/t18-,19?,20?,26-,27+,31?/m1/s1. The minimum Gasteiger partial charge on any atom is -0.632 e. The minimum absolute atomic E-state index is 0.0816. The number of likely N-dealkylation sites (N-methyl/N-ethyl adjacent to an activating group) is 1. The first-order valence-corrected chi connectivity index (χ1v) is 13.5. The first kappa shape index (κ1) is 31.7. The lowest BCUT2D eigenvalue weighted by Crippen LogP contribution is -2.57. The van der Waals surface area contributed by atoms with E-state index < -0.39 is 47.0 Å². The van der Waals surface area contributed by atoms with Crippen molar-refractivity contribution in [2.24, 2.45) is 0 Å². The number of nitrogens with zero attached hydrogens (tertiary/aromatic N) is 1. The van der Waals surface area contributed by atoms with Crippen LogP contribution in [0.3, 0.4) is 0 Å². The maximum Gasteiger partial charge on any atom is 0.338 e. The highest BCUT2D eigenvalue weighted by Crippen LogP contribution is 2.44. The van der Waals surface area contributed by atoms with Crippen molar-refractivity contribution in [3.8, 4) is 34.5 Å². The highest BCUT2D eigenvalue weighted by atomic mass is 16.6. The predicted octanol–water partition coefficient (Wildman–Crippen LogP) is 2.74. The molecule has 2 saturated heterocycles. The largest absolute Gasteiger partial charge is 0.632 e. The average Bonchev–Trinajstić information content (AvgIpc) is 3.09. The number of benzene rings is 2. The highest BCUT2D eigenvalue weighted by Gasteiger charge is 2.61. The normalized spacial score (nSPS) is 26.0. The van der Waals surface area contributed by atoms with Crippen LogP contribution in [0.1, 0.15) is 28.8 Å². The molecular formula is C30H37NO12. The molecular weight excluding hydrogens is 566 g/mol. The number of methoxy groups -OCH3 is 6. The Labute approximate surface area is 249 Å². The number of esters is 2. The van der Waals surface area contributed by atoms with Gasteiger partial charge in [0.2, 0.25) is 11.5 Å². The third-order valence-corrected chi connectivity index (χ3v) is 7.96. The average molecular weight is 604 g/mol. The summed E-state index contributed by atoms with van der Waals surface area (Å²) >= 11 is 0. The van der Waals surface area contributed by atoms with Gasteiger partial charge in [-0.15, -0.1) is 0 Å². The summed E-state index contributed by atoms with van der Waals surface area (Å²) in [6, 6.07) is 4.52. The number of ether oxygens (including phenoxy) is 8. The number of carbonyl (C=O) groups excluding carboxylic acids is 2. The summed E-state index contributed by atoms with van der Waals surface area (Å²) < 4.78 is 42.5. The number of rotatable bonds is 11. The Kier molecular flexibility index (Phi) is 9.58. The highest BCUT2D eigenvalue weighted by molar-refractivity contribution is 5.91. The van der Waals surface area contributed by atoms with Crippen molar-refractivity contribution < 1.29 is 57.2 Å². The van der Waals surface area contributed by atoms with E-state index >= 15 is 0 Å². The lowest BCUT2D eigenvalue weighted by Gasteiger charge is -2.49. The van der Waals surface area contributed by atoms with E-state index in [0.29, 0.717) is 28.6 Å². The van der Waals surface area contributed by atoms with Crippen molar-refractivity contribution in [2.75, 3.05) is 49.7 Å². The molecule has 13 nitrogen and oxygen atoms in total. The van der Waals surface area contributed by atoms with Gasteiger partial charge in [-0.05, 0) is 35.9 Å². The summed E-state index contributed by atoms with van der Waals surface area (Å²) in [4.78, 5) is 25.9. The zero-order chi connectivity index (χ0) is 31.5. The number of aliphatic hydroxyl groups excluding tert-OH is 1. The van der Waals surface area contributed by atoms with E-state index in [1.807, 2.05) is 0 Å². The second-order valence-electron chi connectivity index (χ2n) is 10.3. The summed E-state index contributed by atoms with van der Waals surface area (Å²) in [5.74, 6) is 0.676. The van der Waals surface area contributed by atoms with E-state index in [1.165, 1.54) is 74.0 Å². The molecule has 0 aliphatic carbocycles. The van der Waals surface area contributed by atoms with Crippen molar-refractivity contribution >= 4 is 18.0 Å². The second kappa shape index (κ2) is 13.0. The second-order valence-corrected chi connectivity index (χ2v) is 10.3. The predicted molar refractivity (Wildman–Crippen MR) is 153 cm³/mol. The Balaban J connectivity index is 1.48. The molecule has 2 aromatic rings. The van der Waals surface area contributed by atoms with Crippen LogP contribution in [0.5, 0.6) is 34.5 Å². The van der Waals surface area contributed by atoms with Crippen LogP contribution in [0.25, 0.3) is 6.08 Å². The molecule has 3 unspecified atom stereocenters.